The summed E-state index contributed by atoms with van der Waals surface area (Å²) in [5.41, 5.74) is 0.947. The van der Waals surface area contributed by atoms with Gasteiger partial charge >= 0.3 is 0 Å². The van der Waals surface area contributed by atoms with Crippen LogP contribution in [0.3, 0.4) is 0 Å². The first-order chi connectivity index (χ1) is 8.58. The third kappa shape index (κ3) is 3.10. The fraction of sp³-hybridized carbons (Fsp3) is 0.692. The van der Waals surface area contributed by atoms with Crippen molar-refractivity contribution in [2.75, 3.05) is 24.6 Å². The molecule has 18 heavy (non-hydrogen) atoms. The standard InChI is InChI=1S/C13H22N4O/c1-5-18-12-6-9(2)15-13(16-12)17-7-10(3)14-11(4)8-17/h6,10-11,14H,5,7-8H2,1-4H3. The van der Waals surface area contributed by atoms with E-state index in [0.717, 1.165) is 24.7 Å². The molecule has 5 nitrogen and oxygen atoms in total. The number of anilines is 1. The monoisotopic (exact) mass is 250 g/mol. The highest BCUT2D eigenvalue weighted by Gasteiger charge is 2.23. The second-order valence-corrected chi connectivity index (χ2v) is 4.95. The van der Waals surface area contributed by atoms with Gasteiger partial charge in [0.2, 0.25) is 11.8 Å². The zero-order valence-corrected chi connectivity index (χ0v) is 11.6. The number of hydrogen-bond donors (Lipinski definition) is 1. The van der Waals surface area contributed by atoms with Crippen LogP contribution in [-0.4, -0.2) is 41.7 Å². The molecule has 0 radical (unpaired) electrons. The minimum atomic E-state index is 0.452. The van der Waals surface area contributed by atoms with Crippen LogP contribution in [-0.2, 0) is 0 Å². The number of rotatable bonds is 3. The summed E-state index contributed by atoms with van der Waals surface area (Å²) in [6.45, 7) is 10.8. The van der Waals surface area contributed by atoms with E-state index < -0.39 is 0 Å². The van der Waals surface area contributed by atoms with Crippen molar-refractivity contribution in [1.29, 1.82) is 0 Å². The van der Waals surface area contributed by atoms with E-state index in [1.807, 2.05) is 19.9 Å². The average Bonchev–Trinajstić information content (AvgIpc) is 2.27. The zero-order valence-electron chi connectivity index (χ0n) is 11.6. The largest absolute Gasteiger partial charge is 0.478 e. The maximum absolute atomic E-state index is 5.48. The predicted molar refractivity (Wildman–Crippen MR) is 72.2 cm³/mol. The van der Waals surface area contributed by atoms with Gasteiger partial charge in [-0.3, -0.25) is 0 Å². The molecule has 0 bridgehead atoms. The molecule has 2 rings (SSSR count). The van der Waals surface area contributed by atoms with Crippen LogP contribution in [0.25, 0.3) is 0 Å². The Morgan fingerprint density at radius 3 is 2.61 bits per heavy atom. The number of hydrogen-bond acceptors (Lipinski definition) is 5. The van der Waals surface area contributed by atoms with Gasteiger partial charge in [0.15, 0.2) is 0 Å². The van der Waals surface area contributed by atoms with Crippen LogP contribution in [0, 0.1) is 6.92 Å². The van der Waals surface area contributed by atoms with Gasteiger partial charge in [-0.2, -0.15) is 4.98 Å². The lowest BCUT2D eigenvalue weighted by Gasteiger charge is -2.36. The normalized spacial score (nSPS) is 24.1. The molecule has 2 heterocycles. The molecule has 0 spiro atoms. The van der Waals surface area contributed by atoms with Gasteiger partial charge in [-0.1, -0.05) is 0 Å². The van der Waals surface area contributed by atoms with E-state index in [4.69, 9.17) is 4.74 Å². The Bertz CT molecular complexity index is 400. The number of ether oxygens (including phenoxy) is 1. The van der Waals surface area contributed by atoms with E-state index >= 15 is 0 Å². The van der Waals surface area contributed by atoms with Crippen molar-refractivity contribution < 1.29 is 4.74 Å². The van der Waals surface area contributed by atoms with Crippen LogP contribution in [0.1, 0.15) is 26.5 Å². The summed E-state index contributed by atoms with van der Waals surface area (Å²) < 4.78 is 5.48. The van der Waals surface area contributed by atoms with Crippen LogP contribution in [0.2, 0.25) is 0 Å². The third-order valence-electron chi connectivity index (χ3n) is 2.95. The molecule has 0 aromatic carbocycles. The predicted octanol–water partition coefficient (Wildman–Crippen LogP) is 1.37. The number of nitrogens with one attached hydrogen (secondary N) is 1. The highest BCUT2D eigenvalue weighted by atomic mass is 16.5. The molecule has 1 aliphatic heterocycles. The molecule has 0 aliphatic carbocycles. The van der Waals surface area contributed by atoms with Gasteiger partial charge in [0, 0.05) is 36.9 Å². The summed E-state index contributed by atoms with van der Waals surface area (Å²) in [6, 6.07) is 2.78. The van der Waals surface area contributed by atoms with E-state index in [-0.39, 0.29) is 0 Å². The van der Waals surface area contributed by atoms with E-state index in [1.54, 1.807) is 0 Å². The van der Waals surface area contributed by atoms with Gasteiger partial charge in [-0.25, -0.2) is 4.98 Å². The van der Waals surface area contributed by atoms with Gasteiger partial charge in [0.25, 0.3) is 0 Å². The van der Waals surface area contributed by atoms with Crippen LogP contribution in [0.5, 0.6) is 5.88 Å². The number of aromatic nitrogens is 2. The average molecular weight is 250 g/mol. The molecule has 2 atom stereocenters. The molecule has 2 unspecified atom stereocenters. The minimum absolute atomic E-state index is 0.452. The van der Waals surface area contributed by atoms with Crippen molar-refractivity contribution >= 4 is 5.95 Å². The van der Waals surface area contributed by atoms with Gasteiger partial charge in [0.05, 0.1) is 6.61 Å². The Balaban J connectivity index is 2.21. The molecular formula is C13H22N4O. The molecule has 1 aliphatic rings. The summed E-state index contributed by atoms with van der Waals surface area (Å²) in [5, 5.41) is 3.50. The summed E-state index contributed by atoms with van der Waals surface area (Å²) in [7, 11) is 0. The lowest BCUT2D eigenvalue weighted by molar-refractivity contribution is 0.324. The highest BCUT2D eigenvalue weighted by molar-refractivity contribution is 5.35. The van der Waals surface area contributed by atoms with E-state index in [1.165, 1.54) is 0 Å². The molecule has 0 saturated carbocycles. The van der Waals surface area contributed by atoms with Crippen molar-refractivity contribution in [3.8, 4) is 5.88 Å². The maximum atomic E-state index is 5.48. The van der Waals surface area contributed by atoms with Crippen molar-refractivity contribution in [3.05, 3.63) is 11.8 Å². The van der Waals surface area contributed by atoms with Gasteiger partial charge in [-0.15, -0.1) is 0 Å². The third-order valence-corrected chi connectivity index (χ3v) is 2.95. The minimum Gasteiger partial charge on any atom is -0.478 e. The van der Waals surface area contributed by atoms with E-state index in [2.05, 4.69) is 34.0 Å². The molecule has 1 N–H and O–H groups in total. The summed E-state index contributed by atoms with van der Waals surface area (Å²) >= 11 is 0. The summed E-state index contributed by atoms with van der Waals surface area (Å²) in [5.74, 6) is 1.44. The second-order valence-electron chi connectivity index (χ2n) is 4.95. The molecule has 1 saturated heterocycles. The molecule has 1 fully saturated rings. The molecule has 100 valence electrons. The first-order valence-electron chi connectivity index (χ1n) is 6.58. The summed E-state index contributed by atoms with van der Waals surface area (Å²) in [6.07, 6.45) is 0. The fourth-order valence-corrected chi connectivity index (χ4v) is 2.38. The lowest BCUT2D eigenvalue weighted by atomic mass is 10.1. The Labute approximate surface area is 109 Å². The van der Waals surface area contributed by atoms with Crippen molar-refractivity contribution in [3.63, 3.8) is 0 Å². The zero-order chi connectivity index (χ0) is 13.1. The Hall–Kier alpha value is -1.36. The number of nitrogens with zero attached hydrogens (tertiary/aromatic N) is 3. The Morgan fingerprint density at radius 2 is 2.00 bits per heavy atom. The number of piperazine rings is 1. The molecule has 5 heteroatoms. The second kappa shape index (κ2) is 5.52. The molecular weight excluding hydrogens is 228 g/mol. The van der Waals surface area contributed by atoms with Crippen LogP contribution in [0.15, 0.2) is 6.07 Å². The molecule has 1 aromatic heterocycles. The first kappa shape index (κ1) is 13.1. The topological polar surface area (TPSA) is 50.3 Å². The fourth-order valence-electron chi connectivity index (χ4n) is 2.38. The lowest BCUT2D eigenvalue weighted by Crippen LogP contribution is -2.54. The maximum Gasteiger partial charge on any atom is 0.228 e. The Morgan fingerprint density at radius 1 is 1.33 bits per heavy atom. The van der Waals surface area contributed by atoms with Crippen molar-refractivity contribution in [2.24, 2.45) is 0 Å². The van der Waals surface area contributed by atoms with Gasteiger partial charge < -0.3 is 15.0 Å². The quantitative estimate of drug-likeness (QED) is 0.878. The van der Waals surface area contributed by atoms with Crippen LogP contribution in [0.4, 0.5) is 5.95 Å². The van der Waals surface area contributed by atoms with Gasteiger partial charge in [0.1, 0.15) is 0 Å². The van der Waals surface area contributed by atoms with E-state index in [0.29, 0.717) is 24.6 Å². The van der Waals surface area contributed by atoms with Crippen LogP contribution >= 0.6 is 0 Å². The smallest absolute Gasteiger partial charge is 0.228 e. The van der Waals surface area contributed by atoms with Gasteiger partial charge in [-0.05, 0) is 27.7 Å². The SMILES string of the molecule is CCOc1cc(C)nc(N2CC(C)NC(C)C2)n1. The van der Waals surface area contributed by atoms with Crippen molar-refractivity contribution in [1.82, 2.24) is 15.3 Å². The first-order valence-corrected chi connectivity index (χ1v) is 6.58. The summed E-state index contributed by atoms with van der Waals surface area (Å²) in [4.78, 5) is 11.2. The van der Waals surface area contributed by atoms with Crippen LogP contribution < -0.4 is 15.0 Å². The van der Waals surface area contributed by atoms with E-state index in [9.17, 15) is 0 Å². The molecule has 0 amide bonds. The molecule has 1 aromatic rings. The van der Waals surface area contributed by atoms with Crippen molar-refractivity contribution in [2.45, 2.75) is 39.8 Å². The number of aryl methyl sites for hydroxylation is 1. The Kier molecular flexibility index (Phi) is 4.01. The highest BCUT2D eigenvalue weighted by Crippen LogP contribution is 2.18.